The summed E-state index contributed by atoms with van der Waals surface area (Å²) in [4.78, 5) is 0. The molecule has 0 bridgehead atoms. The first kappa shape index (κ1) is 14.8. The molecule has 0 aliphatic carbocycles. The molecule has 1 nitrogen and oxygen atoms in total. The van der Waals surface area contributed by atoms with Crippen molar-refractivity contribution < 1.29 is 4.39 Å². The third-order valence-electron chi connectivity index (χ3n) is 2.92. The van der Waals surface area contributed by atoms with Gasteiger partial charge in [0.1, 0.15) is 5.82 Å². The van der Waals surface area contributed by atoms with Gasteiger partial charge in [-0.15, -0.1) is 0 Å². The molecule has 100 valence electrons. The van der Waals surface area contributed by atoms with Crippen LogP contribution in [-0.2, 0) is 12.8 Å². The molecule has 0 aliphatic heterocycles. The minimum atomic E-state index is -0.359. The van der Waals surface area contributed by atoms with Crippen LogP contribution in [0, 0.1) is 9.39 Å². The van der Waals surface area contributed by atoms with E-state index in [-0.39, 0.29) is 16.9 Å². The smallest absolute Gasteiger partial charge is 0.145 e. The van der Waals surface area contributed by atoms with Gasteiger partial charge >= 0.3 is 0 Å². The maximum atomic E-state index is 13.8. The SMILES string of the molecule is NC(Cc1ccc(I)cc1)Cc1cccc(Cl)c1F. The monoisotopic (exact) mass is 389 g/mol. The molecule has 0 spiro atoms. The van der Waals surface area contributed by atoms with E-state index in [1.54, 1.807) is 18.2 Å². The van der Waals surface area contributed by atoms with Crippen molar-refractivity contribution in [2.24, 2.45) is 5.73 Å². The van der Waals surface area contributed by atoms with Crippen molar-refractivity contribution in [3.63, 3.8) is 0 Å². The van der Waals surface area contributed by atoms with E-state index in [1.807, 2.05) is 12.1 Å². The number of hydrogen-bond donors (Lipinski definition) is 1. The van der Waals surface area contributed by atoms with Crippen molar-refractivity contribution in [1.29, 1.82) is 0 Å². The van der Waals surface area contributed by atoms with Crippen molar-refractivity contribution in [2.75, 3.05) is 0 Å². The number of rotatable bonds is 4. The van der Waals surface area contributed by atoms with Crippen LogP contribution in [0.15, 0.2) is 42.5 Å². The minimum absolute atomic E-state index is 0.118. The molecule has 4 heteroatoms. The van der Waals surface area contributed by atoms with Crippen LogP contribution in [0.2, 0.25) is 5.02 Å². The summed E-state index contributed by atoms with van der Waals surface area (Å²) in [5.74, 6) is -0.359. The molecular formula is C15H14ClFIN. The molecule has 2 N–H and O–H groups in total. The third-order valence-corrected chi connectivity index (χ3v) is 3.94. The Kier molecular flexibility index (Phi) is 5.19. The summed E-state index contributed by atoms with van der Waals surface area (Å²) in [6.45, 7) is 0. The molecule has 0 saturated carbocycles. The van der Waals surface area contributed by atoms with E-state index in [0.717, 1.165) is 12.0 Å². The van der Waals surface area contributed by atoms with Crippen LogP contribution in [-0.4, -0.2) is 6.04 Å². The third kappa shape index (κ3) is 4.16. The van der Waals surface area contributed by atoms with E-state index in [4.69, 9.17) is 17.3 Å². The molecule has 2 aromatic rings. The normalized spacial score (nSPS) is 12.4. The predicted molar refractivity (Wildman–Crippen MR) is 86.0 cm³/mol. The van der Waals surface area contributed by atoms with Crippen molar-refractivity contribution in [3.8, 4) is 0 Å². The van der Waals surface area contributed by atoms with Gasteiger partial charge in [-0.2, -0.15) is 0 Å². The molecule has 19 heavy (non-hydrogen) atoms. The second-order valence-corrected chi connectivity index (χ2v) is 6.16. The number of hydrogen-bond acceptors (Lipinski definition) is 1. The quantitative estimate of drug-likeness (QED) is 0.780. The minimum Gasteiger partial charge on any atom is -0.327 e. The van der Waals surface area contributed by atoms with Crippen LogP contribution in [0.1, 0.15) is 11.1 Å². The van der Waals surface area contributed by atoms with Gasteiger partial charge in [-0.25, -0.2) is 4.39 Å². The molecule has 1 atom stereocenters. The van der Waals surface area contributed by atoms with Gasteiger partial charge in [0.15, 0.2) is 0 Å². The topological polar surface area (TPSA) is 26.0 Å². The Morgan fingerprint density at radius 2 is 1.79 bits per heavy atom. The zero-order chi connectivity index (χ0) is 13.8. The van der Waals surface area contributed by atoms with Crippen molar-refractivity contribution in [2.45, 2.75) is 18.9 Å². The molecule has 0 saturated heterocycles. The number of halogens is 3. The van der Waals surface area contributed by atoms with E-state index in [2.05, 4.69) is 34.7 Å². The summed E-state index contributed by atoms with van der Waals surface area (Å²) in [7, 11) is 0. The van der Waals surface area contributed by atoms with Crippen LogP contribution in [0.25, 0.3) is 0 Å². The Bertz CT molecular complexity index is 557. The van der Waals surface area contributed by atoms with Gasteiger partial charge in [0, 0.05) is 9.61 Å². The Morgan fingerprint density at radius 1 is 1.11 bits per heavy atom. The van der Waals surface area contributed by atoms with E-state index < -0.39 is 0 Å². The van der Waals surface area contributed by atoms with Crippen LogP contribution in [0.5, 0.6) is 0 Å². The molecule has 0 heterocycles. The Morgan fingerprint density at radius 3 is 2.47 bits per heavy atom. The zero-order valence-electron chi connectivity index (χ0n) is 10.2. The van der Waals surface area contributed by atoms with Crippen LogP contribution < -0.4 is 5.73 Å². The Hall–Kier alpha value is -0.650. The van der Waals surface area contributed by atoms with Gasteiger partial charge in [0.2, 0.25) is 0 Å². The van der Waals surface area contributed by atoms with Crippen LogP contribution >= 0.6 is 34.2 Å². The first-order valence-corrected chi connectivity index (χ1v) is 7.45. The van der Waals surface area contributed by atoms with Crippen molar-refractivity contribution in [1.82, 2.24) is 0 Å². The van der Waals surface area contributed by atoms with Gasteiger partial charge in [-0.3, -0.25) is 0 Å². The average Bonchev–Trinajstić information content (AvgIpc) is 2.38. The number of benzene rings is 2. The molecule has 1 unspecified atom stereocenters. The Labute approximate surface area is 131 Å². The van der Waals surface area contributed by atoms with Crippen LogP contribution in [0.4, 0.5) is 4.39 Å². The largest absolute Gasteiger partial charge is 0.327 e. The highest BCUT2D eigenvalue weighted by Crippen LogP contribution is 2.19. The standard InChI is InChI=1S/C15H14ClFIN/c16-14-3-1-2-11(15(14)17)9-13(19)8-10-4-6-12(18)7-5-10/h1-7,13H,8-9,19H2. The van der Waals surface area contributed by atoms with E-state index in [9.17, 15) is 4.39 Å². The van der Waals surface area contributed by atoms with Gasteiger partial charge in [-0.1, -0.05) is 35.9 Å². The second kappa shape index (κ2) is 6.68. The Balaban J connectivity index is 2.03. The number of nitrogens with two attached hydrogens (primary N) is 1. The lowest BCUT2D eigenvalue weighted by Crippen LogP contribution is -2.26. The summed E-state index contributed by atoms with van der Waals surface area (Å²) >= 11 is 8.02. The molecule has 0 amide bonds. The molecule has 2 aromatic carbocycles. The lowest BCUT2D eigenvalue weighted by Gasteiger charge is -2.13. The van der Waals surface area contributed by atoms with Crippen molar-refractivity contribution in [3.05, 3.63) is 68.0 Å². The highest BCUT2D eigenvalue weighted by Gasteiger charge is 2.11. The molecule has 0 radical (unpaired) electrons. The van der Waals surface area contributed by atoms with Gasteiger partial charge in [0.25, 0.3) is 0 Å². The highest BCUT2D eigenvalue weighted by molar-refractivity contribution is 14.1. The molecule has 0 aliphatic rings. The maximum absolute atomic E-state index is 13.8. The first-order chi connectivity index (χ1) is 9.06. The average molecular weight is 390 g/mol. The molecule has 0 aromatic heterocycles. The summed E-state index contributed by atoms with van der Waals surface area (Å²) in [5.41, 5.74) is 7.82. The zero-order valence-corrected chi connectivity index (χ0v) is 13.2. The fourth-order valence-corrected chi connectivity index (χ4v) is 2.54. The molecular weight excluding hydrogens is 376 g/mol. The van der Waals surface area contributed by atoms with E-state index >= 15 is 0 Å². The lowest BCUT2D eigenvalue weighted by atomic mass is 9.99. The summed E-state index contributed by atoms with van der Waals surface area (Å²) in [6, 6.07) is 13.1. The lowest BCUT2D eigenvalue weighted by molar-refractivity contribution is 0.584. The fourth-order valence-electron chi connectivity index (χ4n) is 1.98. The van der Waals surface area contributed by atoms with E-state index in [1.165, 1.54) is 3.57 Å². The van der Waals surface area contributed by atoms with Gasteiger partial charge in [-0.05, 0) is 64.8 Å². The van der Waals surface area contributed by atoms with Crippen LogP contribution in [0.3, 0.4) is 0 Å². The molecule has 2 rings (SSSR count). The molecule has 0 fully saturated rings. The first-order valence-electron chi connectivity index (χ1n) is 5.99. The highest BCUT2D eigenvalue weighted by atomic mass is 127. The fraction of sp³-hybridized carbons (Fsp3) is 0.200. The second-order valence-electron chi connectivity index (χ2n) is 4.51. The predicted octanol–water partition coefficient (Wildman–Crippen LogP) is 4.20. The van der Waals surface area contributed by atoms with Gasteiger partial charge < -0.3 is 5.73 Å². The van der Waals surface area contributed by atoms with Gasteiger partial charge in [0.05, 0.1) is 5.02 Å². The maximum Gasteiger partial charge on any atom is 0.145 e. The summed E-state index contributed by atoms with van der Waals surface area (Å²) in [6.07, 6.45) is 1.21. The van der Waals surface area contributed by atoms with Crippen molar-refractivity contribution >= 4 is 34.2 Å². The summed E-state index contributed by atoms with van der Waals surface area (Å²) < 4.78 is 15.0. The van der Waals surface area contributed by atoms with E-state index in [0.29, 0.717) is 12.0 Å². The summed E-state index contributed by atoms with van der Waals surface area (Å²) in [5, 5.41) is 0.152.